The predicted octanol–water partition coefficient (Wildman–Crippen LogP) is 4.30. The van der Waals surface area contributed by atoms with Gasteiger partial charge in [0.05, 0.1) is 0 Å². The molecule has 0 atom stereocenters. The number of imide groups is 1. The lowest BCUT2D eigenvalue weighted by atomic mass is 9.93. The van der Waals surface area contributed by atoms with Crippen LogP contribution in [0.3, 0.4) is 0 Å². The van der Waals surface area contributed by atoms with Gasteiger partial charge in [-0.1, -0.05) is 50.7 Å². The molecule has 1 aromatic carbocycles. The van der Waals surface area contributed by atoms with E-state index >= 15 is 0 Å². The number of rotatable bonds is 3. The van der Waals surface area contributed by atoms with Crippen molar-refractivity contribution < 1.29 is 9.59 Å². The molecule has 4 heteroatoms. The minimum Gasteiger partial charge on any atom is -0.335 e. The molecular weight excluding hydrogens is 300 g/mol. The van der Waals surface area contributed by atoms with E-state index in [4.69, 9.17) is 0 Å². The monoisotopic (exact) mass is 327 g/mol. The van der Waals surface area contributed by atoms with Crippen molar-refractivity contribution in [1.29, 1.82) is 0 Å². The molecule has 2 saturated carbocycles. The number of nitrogens with zero attached hydrogens (tertiary/aromatic N) is 1. The maximum absolute atomic E-state index is 13.0. The molecule has 0 bridgehead atoms. The second-order valence-corrected chi connectivity index (χ2v) is 7.04. The molecule has 0 aliphatic heterocycles. The van der Waals surface area contributed by atoms with Gasteiger partial charge in [0, 0.05) is 17.6 Å². The van der Waals surface area contributed by atoms with E-state index in [-0.39, 0.29) is 24.0 Å². The highest BCUT2D eigenvalue weighted by atomic mass is 16.2. The van der Waals surface area contributed by atoms with E-state index in [1.807, 2.05) is 0 Å². The van der Waals surface area contributed by atoms with Gasteiger partial charge >= 0.3 is 6.03 Å². The van der Waals surface area contributed by atoms with Crippen molar-refractivity contribution in [1.82, 2.24) is 10.2 Å². The highest BCUT2D eigenvalue weighted by Crippen LogP contribution is 2.25. The second kappa shape index (κ2) is 8.32. The molecule has 2 aliphatic carbocycles. The zero-order chi connectivity index (χ0) is 16.8. The van der Waals surface area contributed by atoms with Crippen LogP contribution in [0.2, 0.25) is 0 Å². The maximum atomic E-state index is 13.0. The van der Waals surface area contributed by atoms with E-state index in [1.165, 1.54) is 17.7 Å². The SMILES string of the molecule is O=C(NC1CCCCC1)N(C(=O)c1cc[c]cc1)C1CCCCC1. The van der Waals surface area contributed by atoms with Crippen molar-refractivity contribution in [3.63, 3.8) is 0 Å². The minimum absolute atomic E-state index is 0.0269. The zero-order valence-electron chi connectivity index (χ0n) is 14.3. The van der Waals surface area contributed by atoms with Gasteiger partial charge in [-0.05, 0) is 43.9 Å². The smallest absolute Gasteiger partial charge is 0.324 e. The molecule has 0 spiro atoms. The van der Waals surface area contributed by atoms with Crippen LogP contribution < -0.4 is 5.32 Å². The highest BCUT2D eigenvalue weighted by Gasteiger charge is 2.32. The van der Waals surface area contributed by atoms with Gasteiger partial charge in [0.15, 0.2) is 0 Å². The van der Waals surface area contributed by atoms with Crippen molar-refractivity contribution in [2.75, 3.05) is 0 Å². The lowest BCUT2D eigenvalue weighted by Gasteiger charge is -2.34. The molecule has 2 fully saturated rings. The molecule has 0 unspecified atom stereocenters. The van der Waals surface area contributed by atoms with Gasteiger partial charge in [-0.25, -0.2) is 4.79 Å². The average Bonchev–Trinajstić information content (AvgIpc) is 2.64. The van der Waals surface area contributed by atoms with Crippen molar-refractivity contribution in [3.05, 3.63) is 35.9 Å². The Morgan fingerprint density at radius 2 is 1.50 bits per heavy atom. The van der Waals surface area contributed by atoms with Crippen molar-refractivity contribution in [2.45, 2.75) is 76.3 Å². The van der Waals surface area contributed by atoms with Gasteiger partial charge in [-0.3, -0.25) is 9.69 Å². The van der Waals surface area contributed by atoms with E-state index in [9.17, 15) is 9.59 Å². The first kappa shape index (κ1) is 17.0. The normalized spacial score (nSPS) is 19.7. The van der Waals surface area contributed by atoms with E-state index in [0.717, 1.165) is 51.4 Å². The van der Waals surface area contributed by atoms with Gasteiger partial charge in [0.1, 0.15) is 0 Å². The summed E-state index contributed by atoms with van der Waals surface area (Å²) in [5, 5.41) is 3.13. The Morgan fingerprint density at radius 3 is 2.12 bits per heavy atom. The first-order chi connectivity index (χ1) is 11.8. The van der Waals surface area contributed by atoms with Gasteiger partial charge < -0.3 is 5.32 Å². The standard InChI is InChI=1S/C20H27N2O2/c23-19(16-10-4-1-5-11-16)22(18-14-8-3-9-15-18)20(24)21-17-12-6-2-7-13-17/h4-5,10-11,17-18H,2-3,6-9,12-15H2,(H,21,24). The van der Waals surface area contributed by atoms with Gasteiger partial charge in [-0.2, -0.15) is 0 Å². The number of carbonyl (C=O) groups is 2. The molecule has 4 nitrogen and oxygen atoms in total. The van der Waals surface area contributed by atoms with E-state index in [2.05, 4.69) is 11.4 Å². The number of benzene rings is 1. The fourth-order valence-electron chi connectivity index (χ4n) is 3.92. The van der Waals surface area contributed by atoms with E-state index in [0.29, 0.717) is 5.56 Å². The molecular formula is C20H27N2O2. The lowest BCUT2D eigenvalue weighted by Crippen LogP contribution is -2.52. The summed E-state index contributed by atoms with van der Waals surface area (Å²) in [6.07, 6.45) is 10.8. The lowest BCUT2D eigenvalue weighted by molar-refractivity contribution is 0.0701. The summed E-state index contributed by atoms with van der Waals surface area (Å²) in [5.74, 6) is -0.177. The Hall–Kier alpha value is -1.84. The third-order valence-electron chi connectivity index (χ3n) is 5.28. The quantitative estimate of drug-likeness (QED) is 0.899. The van der Waals surface area contributed by atoms with Crippen LogP contribution in [0.4, 0.5) is 4.79 Å². The number of hydrogen-bond donors (Lipinski definition) is 1. The number of hydrogen-bond acceptors (Lipinski definition) is 2. The molecule has 3 amide bonds. The summed E-state index contributed by atoms with van der Waals surface area (Å²) in [4.78, 5) is 27.4. The first-order valence-corrected chi connectivity index (χ1v) is 9.36. The fourth-order valence-corrected chi connectivity index (χ4v) is 3.92. The molecule has 1 N–H and O–H groups in total. The second-order valence-electron chi connectivity index (χ2n) is 7.04. The van der Waals surface area contributed by atoms with Gasteiger partial charge in [0.2, 0.25) is 0 Å². The summed E-state index contributed by atoms with van der Waals surface area (Å²) < 4.78 is 0. The van der Waals surface area contributed by atoms with Gasteiger partial charge in [0.25, 0.3) is 5.91 Å². The van der Waals surface area contributed by atoms with Crippen molar-refractivity contribution in [3.8, 4) is 0 Å². The zero-order valence-corrected chi connectivity index (χ0v) is 14.3. The largest absolute Gasteiger partial charge is 0.335 e. The molecule has 0 aromatic heterocycles. The molecule has 0 heterocycles. The minimum atomic E-state index is -0.202. The Morgan fingerprint density at radius 1 is 0.917 bits per heavy atom. The molecule has 1 aromatic rings. The number of nitrogens with one attached hydrogen (secondary N) is 1. The maximum Gasteiger partial charge on any atom is 0.324 e. The summed E-state index contributed by atoms with van der Waals surface area (Å²) in [5.41, 5.74) is 0.568. The Kier molecular flexibility index (Phi) is 5.89. The Bertz CT molecular complexity index is 546. The summed E-state index contributed by atoms with van der Waals surface area (Å²) >= 11 is 0. The fraction of sp³-hybridized carbons (Fsp3) is 0.600. The molecule has 129 valence electrons. The van der Waals surface area contributed by atoms with Crippen molar-refractivity contribution in [2.24, 2.45) is 0 Å². The number of carbonyl (C=O) groups excluding carboxylic acids is 2. The number of amides is 3. The summed E-state index contributed by atoms with van der Waals surface area (Å²) in [6.45, 7) is 0. The van der Waals surface area contributed by atoms with Crippen molar-refractivity contribution >= 4 is 11.9 Å². The molecule has 1 radical (unpaired) electrons. The van der Waals surface area contributed by atoms with Crippen LogP contribution in [-0.4, -0.2) is 28.9 Å². The predicted molar refractivity (Wildman–Crippen MR) is 93.7 cm³/mol. The van der Waals surface area contributed by atoms with Gasteiger partial charge in [-0.15, -0.1) is 0 Å². The summed E-state index contributed by atoms with van der Waals surface area (Å²) in [7, 11) is 0. The third kappa shape index (κ3) is 4.16. The highest BCUT2D eigenvalue weighted by molar-refractivity contribution is 6.04. The van der Waals surface area contributed by atoms with Crippen LogP contribution >= 0.6 is 0 Å². The summed E-state index contributed by atoms with van der Waals surface area (Å²) in [6, 6.07) is 9.91. The molecule has 2 aliphatic rings. The third-order valence-corrected chi connectivity index (χ3v) is 5.28. The van der Waals surface area contributed by atoms with E-state index in [1.54, 1.807) is 24.3 Å². The molecule has 24 heavy (non-hydrogen) atoms. The van der Waals surface area contributed by atoms with Crippen LogP contribution in [0.5, 0.6) is 0 Å². The Labute approximate surface area is 144 Å². The topological polar surface area (TPSA) is 49.4 Å². The first-order valence-electron chi connectivity index (χ1n) is 9.36. The molecule has 3 rings (SSSR count). The van der Waals surface area contributed by atoms with E-state index < -0.39 is 0 Å². The van der Waals surface area contributed by atoms with Crippen LogP contribution in [0.1, 0.15) is 74.6 Å². The Balaban J connectivity index is 1.75. The molecule has 0 saturated heterocycles. The average molecular weight is 327 g/mol. The number of urea groups is 1. The van der Waals surface area contributed by atoms with Crippen LogP contribution in [0.15, 0.2) is 24.3 Å². The van der Waals surface area contributed by atoms with Crippen LogP contribution in [0, 0.1) is 6.07 Å². The van der Waals surface area contributed by atoms with Crippen LogP contribution in [0.25, 0.3) is 0 Å². The van der Waals surface area contributed by atoms with Crippen LogP contribution in [-0.2, 0) is 0 Å².